The van der Waals surface area contributed by atoms with Gasteiger partial charge in [-0.1, -0.05) is 12.1 Å². The average molecular weight is 402 g/mol. The van der Waals surface area contributed by atoms with Crippen molar-refractivity contribution < 1.29 is 14.4 Å². The van der Waals surface area contributed by atoms with Crippen LogP contribution in [-0.2, 0) is 9.59 Å². The molecule has 0 unspecified atom stereocenters. The first kappa shape index (κ1) is 19.3. The Morgan fingerprint density at radius 3 is 2.81 bits per heavy atom. The third-order valence-corrected chi connectivity index (χ3v) is 5.84. The van der Waals surface area contributed by atoms with Crippen molar-refractivity contribution in [3.8, 4) is 0 Å². The van der Waals surface area contributed by atoms with Crippen LogP contribution in [0.15, 0.2) is 52.3 Å². The normalized spacial score (nSPS) is 12.7. The van der Waals surface area contributed by atoms with E-state index in [9.17, 15) is 14.4 Å². The number of hydrogen-bond acceptors (Lipinski definition) is 5. The van der Waals surface area contributed by atoms with Gasteiger partial charge in [0.15, 0.2) is 0 Å². The Kier molecular flexibility index (Phi) is 6.08. The van der Waals surface area contributed by atoms with Crippen molar-refractivity contribution in [1.82, 2.24) is 4.90 Å². The lowest BCUT2D eigenvalue weighted by Crippen LogP contribution is -2.35. The van der Waals surface area contributed by atoms with Gasteiger partial charge in [0.1, 0.15) is 0 Å². The Morgan fingerprint density at radius 1 is 1.26 bits per heavy atom. The van der Waals surface area contributed by atoms with Crippen LogP contribution in [0.2, 0.25) is 0 Å². The number of carbonyl (C=O) groups excluding carboxylic acids is 3. The fraction of sp³-hybridized carbons (Fsp3) is 0.211. The molecule has 3 rings (SSSR count). The molecule has 0 aliphatic carbocycles. The van der Waals surface area contributed by atoms with Gasteiger partial charge in [0.25, 0.3) is 5.91 Å². The Balaban J connectivity index is 1.66. The van der Waals surface area contributed by atoms with Crippen molar-refractivity contribution >= 4 is 52.6 Å². The number of anilines is 2. The minimum Gasteiger partial charge on any atom is -0.332 e. The SMILES string of the molecule is CSc1ccccc1NC(=O)CN(C)C(=O)c1ccc2c(c1)NC(=O)CS2. The standard InChI is InChI=1S/C19H19N3O3S2/c1-22(10-17(23)20-13-5-3-4-6-15(13)26-2)19(25)12-7-8-16-14(9-12)21-18(24)11-27-16/h3-9H,10-11H2,1-2H3,(H,20,23)(H,21,24). The van der Waals surface area contributed by atoms with Gasteiger partial charge in [-0.05, 0) is 36.6 Å². The number of nitrogens with zero attached hydrogens (tertiary/aromatic N) is 1. The van der Waals surface area contributed by atoms with Crippen LogP contribution in [0.4, 0.5) is 11.4 Å². The van der Waals surface area contributed by atoms with Crippen LogP contribution in [0.5, 0.6) is 0 Å². The summed E-state index contributed by atoms with van der Waals surface area (Å²) in [5, 5.41) is 5.61. The Morgan fingerprint density at radius 2 is 2.04 bits per heavy atom. The molecule has 0 atom stereocenters. The topological polar surface area (TPSA) is 78.5 Å². The molecule has 6 nitrogen and oxygen atoms in total. The molecule has 27 heavy (non-hydrogen) atoms. The van der Waals surface area contributed by atoms with Crippen molar-refractivity contribution in [2.45, 2.75) is 9.79 Å². The van der Waals surface area contributed by atoms with E-state index in [0.29, 0.717) is 17.0 Å². The molecule has 1 aliphatic heterocycles. The van der Waals surface area contributed by atoms with Crippen molar-refractivity contribution in [3.05, 3.63) is 48.0 Å². The second-order valence-electron chi connectivity index (χ2n) is 5.96. The van der Waals surface area contributed by atoms with E-state index in [1.165, 1.54) is 16.7 Å². The zero-order chi connectivity index (χ0) is 19.4. The van der Waals surface area contributed by atoms with Crippen LogP contribution in [0.25, 0.3) is 0 Å². The largest absolute Gasteiger partial charge is 0.332 e. The lowest BCUT2D eigenvalue weighted by atomic mass is 10.1. The molecule has 0 saturated carbocycles. The number of likely N-dealkylation sites (N-methyl/N-ethyl adjacent to an activating group) is 1. The van der Waals surface area contributed by atoms with Crippen LogP contribution in [0, 0.1) is 0 Å². The number of carbonyl (C=O) groups is 3. The molecule has 0 saturated heterocycles. The van der Waals surface area contributed by atoms with Crippen molar-refractivity contribution in [1.29, 1.82) is 0 Å². The van der Waals surface area contributed by atoms with Gasteiger partial charge in [-0.3, -0.25) is 14.4 Å². The average Bonchev–Trinajstić information content (AvgIpc) is 2.67. The van der Waals surface area contributed by atoms with E-state index in [1.54, 1.807) is 30.9 Å². The van der Waals surface area contributed by atoms with E-state index >= 15 is 0 Å². The smallest absolute Gasteiger partial charge is 0.254 e. The number of thioether (sulfide) groups is 2. The van der Waals surface area contributed by atoms with Gasteiger partial charge in [-0.2, -0.15) is 0 Å². The van der Waals surface area contributed by atoms with Gasteiger partial charge >= 0.3 is 0 Å². The number of amides is 3. The summed E-state index contributed by atoms with van der Waals surface area (Å²) in [6.45, 7) is -0.0697. The summed E-state index contributed by atoms with van der Waals surface area (Å²) in [6, 6.07) is 12.7. The van der Waals surface area contributed by atoms with E-state index in [2.05, 4.69) is 10.6 Å². The molecule has 1 aliphatic rings. The predicted molar refractivity (Wildman–Crippen MR) is 110 cm³/mol. The highest BCUT2D eigenvalue weighted by molar-refractivity contribution is 8.00. The van der Waals surface area contributed by atoms with E-state index < -0.39 is 0 Å². The van der Waals surface area contributed by atoms with Gasteiger partial charge < -0.3 is 15.5 Å². The fourth-order valence-corrected chi connectivity index (χ4v) is 4.00. The molecule has 2 aromatic rings. The molecule has 0 radical (unpaired) electrons. The van der Waals surface area contributed by atoms with Gasteiger partial charge in [0.2, 0.25) is 11.8 Å². The molecule has 0 aromatic heterocycles. The fourth-order valence-electron chi connectivity index (χ4n) is 2.66. The number of nitrogens with one attached hydrogen (secondary N) is 2. The second-order valence-corrected chi connectivity index (χ2v) is 7.82. The van der Waals surface area contributed by atoms with Gasteiger partial charge in [0.05, 0.1) is 23.7 Å². The molecule has 140 valence electrons. The highest BCUT2D eigenvalue weighted by Crippen LogP contribution is 2.32. The maximum atomic E-state index is 12.6. The Hall–Kier alpha value is -2.45. The number of rotatable bonds is 5. The highest BCUT2D eigenvalue weighted by atomic mass is 32.2. The molecule has 2 N–H and O–H groups in total. The first-order valence-corrected chi connectivity index (χ1v) is 10.4. The number of para-hydroxylation sites is 1. The summed E-state index contributed by atoms with van der Waals surface area (Å²) in [5.41, 5.74) is 1.79. The van der Waals surface area contributed by atoms with Gasteiger partial charge in [-0.25, -0.2) is 0 Å². The van der Waals surface area contributed by atoms with Gasteiger partial charge in [-0.15, -0.1) is 23.5 Å². The molecule has 3 amide bonds. The Labute approximate surface area is 166 Å². The summed E-state index contributed by atoms with van der Waals surface area (Å²) in [4.78, 5) is 39.8. The van der Waals surface area contributed by atoms with Crippen molar-refractivity contribution in [2.75, 3.05) is 36.2 Å². The van der Waals surface area contributed by atoms with Gasteiger partial charge in [0, 0.05) is 22.4 Å². The molecule has 0 bridgehead atoms. The third kappa shape index (κ3) is 4.64. The summed E-state index contributed by atoms with van der Waals surface area (Å²) < 4.78 is 0. The summed E-state index contributed by atoms with van der Waals surface area (Å²) in [5.74, 6) is -0.264. The second kappa shape index (κ2) is 8.49. The van der Waals surface area contributed by atoms with Crippen LogP contribution >= 0.6 is 23.5 Å². The molecular formula is C19H19N3O3S2. The molecule has 8 heteroatoms. The summed E-state index contributed by atoms with van der Waals surface area (Å²) >= 11 is 2.98. The van der Waals surface area contributed by atoms with E-state index in [-0.39, 0.29) is 24.3 Å². The monoisotopic (exact) mass is 401 g/mol. The number of benzene rings is 2. The number of hydrogen-bond donors (Lipinski definition) is 2. The first-order chi connectivity index (χ1) is 13.0. The van der Waals surface area contributed by atoms with Crippen LogP contribution in [0.3, 0.4) is 0 Å². The highest BCUT2D eigenvalue weighted by Gasteiger charge is 2.20. The quantitative estimate of drug-likeness (QED) is 0.753. The predicted octanol–water partition coefficient (Wildman–Crippen LogP) is 3.16. The molecular weight excluding hydrogens is 382 g/mol. The van der Waals surface area contributed by atoms with Crippen LogP contribution < -0.4 is 10.6 Å². The van der Waals surface area contributed by atoms with E-state index in [4.69, 9.17) is 0 Å². The lowest BCUT2D eigenvalue weighted by Gasteiger charge is -2.20. The molecule has 0 fully saturated rings. The zero-order valence-corrected chi connectivity index (χ0v) is 16.6. The first-order valence-electron chi connectivity index (χ1n) is 8.23. The minimum absolute atomic E-state index is 0.0697. The lowest BCUT2D eigenvalue weighted by molar-refractivity contribution is -0.116. The third-order valence-electron chi connectivity index (χ3n) is 3.97. The summed E-state index contributed by atoms with van der Waals surface area (Å²) in [6.07, 6.45) is 1.94. The maximum absolute atomic E-state index is 12.6. The molecule has 2 aromatic carbocycles. The van der Waals surface area contributed by atoms with E-state index in [1.807, 2.05) is 36.6 Å². The maximum Gasteiger partial charge on any atom is 0.254 e. The number of fused-ring (bicyclic) bond motifs is 1. The van der Waals surface area contributed by atoms with Crippen molar-refractivity contribution in [3.63, 3.8) is 0 Å². The zero-order valence-electron chi connectivity index (χ0n) is 14.9. The van der Waals surface area contributed by atoms with E-state index in [0.717, 1.165) is 15.5 Å². The van der Waals surface area contributed by atoms with Crippen LogP contribution in [-0.4, -0.2) is 48.2 Å². The van der Waals surface area contributed by atoms with Crippen molar-refractivity contribution in [2.24, 2.45) is 0 Å². The minimum atomic E-state index is -0.282. The molecule has 0 spiro atoms. The molecule has 1 heterocycles. The Bertz CT molecular complexity index is 902. The summed E-state index contributed by atoms with van der Waals surface area (Å²) in [7, 11) is 1.58. The van der Waals surface area contributed by atoms with Crippen LogP contribution in [0.1, 0.15) is 10.4 Å².